The average Bonchev–Trinajstić information content (AvgIpc) is 2.43. The van der Waals surface area contributed by atoms with Crippen LogP contribution in [0.25, 0.3) is 0 Å². The molecule has 0 radical (unpaired) electrons. The van der Waals surface area contributed by atoms with Gasteiger partial charge in [0, 0.05) is 6.04 Å². The van der Waals surface area contributed by atoms with Gasteiger partial charge >= 0.3 is 0 Å². The SMILES string of the molecule is CCCCS(=O)(=O)C1CCc2ccccc2C1NC. The quantitative estimate of drug-likeness (QED) is 0.902. The normalized spacial score (nSPS) is 23.1. The molecule has 1 aromatic rings. The number of fused-ring (bicyclic) bond motifs is 1. The number of hydrogen-bond donors (Lipinski definition) is 1. The summed E-state index contributed by atoms with van der Waals surface area (Å²) in [5, 5.41) is 2.93. The summed E-state index contributed by atoms with van der Waals surface area (Å²) in [5.74, 6) is 0.314. The van der Waals surface area contributed by atoms with E-state index in [1.165, 1.54) is 5.56 Å². The van der Waals surface area contributed by atoms with Crippen molar-refractivity contribution < 1.29 is 8.42 Å². The van der Waals surface area contributed by atoms with Gasteiger partial charge in [0.15, 0.2) is 9.84 Å². The smallest absolute Gasteiger partial charge is 0.155 e. The van der Waals surface area contributed by atoms with Gasteiger partial charge in [-0.3, -0.25) is 0 Å². The minimum Gasteiger partial charge on any atom is -0.312 e. The maximum absolute atomic E-state index is 12.5. The van der Waals surface area contributed by atoms with Crippen LogP contribution in [0.4, 0.5) is 0 Å². The zero-order valence-corrected chi connectivity index (χ0v) is 12.5. The van der Waals surface area contributed by atoms with E-state index in [4.69, 9.17) is 0 Å². The molecule has 1 aliphatic rings. The van der Waals surface area contributed by atoms with Crippen LogP contribution in [0.2, 0.25) is 0 Å². The van der Waals surface area contributed by atoms with Crippen molar-refractivity contribution in [2.24, 2.45) is 0 Å². The second kappa shape index (κ2) is 6.06. The standard InChI is InChI=1S/C15H23NO2S/c1-3-4-11-19(17,18)14-10-9-12-7-5-6-8-13(12)15(14)16-2/h5-8,14-16H,3-4,9-11H2,1-2H3. The van der Waals surface area contributed by atoms with Gasteiger partial charge < -0.3 is 5.32 Å². The summed E-state index contributed by atoms with van der Waals surface area (Å²) in [6.45, 7) is 2.03. The Morgan fingerprint density at radius 2 is 2.05 bits per heavy atom. The van der Waals surface area contributed by atoms with E-state index in [1.54, 1.807) is 0 Å². The van der Waals surface area contributed by atoms with Crippen LogP contribution in [-0.2, 0) is 16.3 Å². The van der Waals surface area contributed by atoms with Crippen molar-refractivity contribution in [2.45, 2.75) is 43.9 Å². The first kappa shape index (κ1) is 14.5. The highest BCUT2D eigenvalue weighted by molar-refractivity contribution is 7.92. The van der Waals surface area contributed by atoms with E-state index in [1.807, 2.05) is 26.1 Å². The van der Waals surface area contributed by atoms with Gasteiger partial charge in [0.05, 0.1) is 11.0 Å². The van der Waals surface area contributed by atoms with Crippen molar-refractivity contribution in [1.29, 1.82) is 0 Å². The molecule has 0 saturated heterocycles. The summed E-state index contributed by atoms with van der Waals surface area (Å²) in [5.41, 5.74) is 2.44. The number of unbranched alkanes of at least 4 members (excludes halogenated alkanes) is 1. The van der Waals surface area contributed by atoms with Crippen LogP contribution in [0.3, 0.4) is 0 Å². The lowest BCUT2D eigenvalue weighted by molar-refractivity contribution is 0.474. The number of nitrogens with one attached hydrogen (secondary N) is 1. The predicted octanol–water partition coefficient (Wildman–Crippen LogP) is 2.48. The van der Waals surface area contributed by atoms with E-state index in [0.29, 0.717) is 5.75 Å². The fraction of sp³-hybridized carbons (Fsp3) is 0.600. The third-order valence-electron chi connectivity index (χ3n) is 4.01. The second-order valence-corrected chi connectivity index (χ2v) is 7.60. The number of sulfone groups is 1. The Morgan fingerprint density at radius 1 is 1.32 bits per heavy atom. The minimum absolute atomic E-state index is 0.0631. The fourth-order valence-corrected chi connectivity index (χ4v) is 5.12. The van der Waals surface area contributed by atoms with Gasteiger partial charge in [-0.15, -0.1) is 0 Å². The molecule has 2 unspecified atom stereocenters. The van der Waals surface area contributed by atoms with Gasteiger partial charge in [-0.1, -0.05) is 37.6 Å². The van der Waals surface area contributed by atoms with Crippen LogP contribution >= 0.6 is 0 Å². The molecular formula is C15H23NO2S. The number of benzene rings is 1. The highest BCUT2D eigenvalue weighted by atomic mass is 32.2. The molecule has 4 heteroatoms. The lowest BCUT2D eigenvalue weighted by Crippen LogP contribution is -2.40. The van der Waals surface area contributed by atoms with E-state index in [-0.39, 0.29) is 11.3 Å². The van der Waals surface area contributed by atoms with Crippen LogP contribution in [0.1, 0.15) is 43.4 Å². The lowest BCUT2D eigenvalue weighted by Gasteiger charge is -2.33. The Balaban J connectivity index is 2.29. The van der Waals surface area contributed by atoms with Gasteiger partial charge in [0.2, 0.25) is 0 Å². The van der Waals surface area contributed by atoms with Crippen molar-refractivity contribution in [1.82, 2.24) is 5.32 Å². The van der Waals surface area contributed by atoms with E-state index in [0.717, 1.165) is 31.2 Å². The number of rotatable bonds is 5. The monoisotopic (exact) mass is 281 g/mol. The molecule has 3 nitrogen and oxygen atoms in total. The minimum atomic E-state index is -3.01. The summed E-state index contributed by atoms with van der Waals surface area (Å²) < 4.78 is 25.0. The lowest BCUT2D eigenvalue weighted by atomic mass is 9.87. The van der Waals surface area contributed by atoms with Crippen LogP contribution in [0.15, 0.2) is 24.3 Å². The maximum atomic E-state index is 12.5. The van der Waals surface area contributed by atoms with Crippen molar-refractivity contribution in [3.8, 4) is 0 Å². The zero-order chi connectivity index (χ0) is 13.9. The van der Waals surface area contributed by atoms with Gasteiger partial charge in [-0.05, 0) is 37.4 Å². The topological polar surface area (TPSA) is 46.2 Å². The molecule has 0 aliphatic heterocycles. The summed E-state index contributed by atoms with van der Waals surface area (Å²) >= 11 is 0. The average molecular weight is 281 g/mol. The fourth-order valence-electron chi connectivity index (χ4n) is 2.96. The van der Waals surface area contributed by atoms with E-state index >= 15 is 0 Å². The maximum Gasteiger partial charge on any atom is 0.155 e. The van der Waals surface area contributed by atoms with Crippen molar-refractivity contribution in [2.75, 3.05) is 12.8 Å². The van der Waals surface area contributed by atoms with Crippen molar-refractivity contribution >= 4 is 9.84 Å². The van der Waals surface area contributed by atoms with E-state index < -0.39 is 9.84 Å². The van der Waals surface area contributed by atoms with Crippen LogP contribution in [0, 0.1) is 0 Å². The molecule has 1 aliphatic carbocycles. The molecule has 106 valence electrons. The molecule has 0 amide bonds. The summed E-state index contributed by atoms with van der Waals surface area (Å²) in [7, 11) is -1.16. The van der Waals surface area contributed by atoms with Gasteiger partial charge in [0.1, 0.15) is 0 Å². The largest absolute Gasteiger partial charge is 0.312 e. The molecule has 2 atom stereocenters. The van der Waals surface area contributed by atoms with Crippen LogP contribution in [0.5, 0.6) is 0 Å². The molecule has 1 aromatic carbocycles. The van der Waals surface area contributed by atoms with Gasteiger partial charge in [0.25, 0.3) is 0 Å². The van der Waals surface area contributed by atoms with Crippen LogP contribution < -0.4 is 5.32 Å². The Morgan fingerprint density at radius 3 is 2.74 bits per heavy atom. The molecule has 1 N–H and O–H groups in total. The molecule has 0 heterocycles. The third kappa shape index (κ3) is 3.00. The van der Waals surface area contributed by atoms with Gasteiger partial charge in [-0.2, -0.15) is 0 Å². The highest BCUT2D eigenvalue weighted by Gasteiger charge is 2.36. The Hall–Kier alpha value is -0.870. The molecule has 0 bridgehead atoms. The van der Waals surface area contributed by atoms with Crippen molar-refractivity contribution in [3.63, 3.8) is 0 Å². The Labute approximate surface area is 116 Å². The van der Waals surface area contributed by atoms with E-state index in [9.17, 15) is 8.42 Å². The number of aryl methyl sites for hydroxylation is 1. The second-order valence-electron chi connectivity index (χ2n) is 5.26. The molecule has 2 rings (SSSR count). The first-order chi connectivity index (χ1) is 9.10. The molecular weight excluding hydrogens is 258 g/mol. The van der Waals surface area contributed by atoms with E-state index in [2.05, 4.69) is 17.4 Å². The highest BCUT2D eigenvalue weighted by Crippen LogP contribution is 2.34. The van der Waals surface area contributed by atoms with Crippen LogP contribution in [-0.4, -0.2) is 26.5 Å². The van der Waals surface area contributed by atoms with Gasteiger partial charge in [-0.25, -0.2) is 8.42 Å². The summed E-state index contributed by atoms with van der Waals surface area (Å²) in [6, 6.07) is 8.11. The summed E-state index contributed by atoms with van der Waals surface area (Å²) in [6.07, 6.45) is 3.28. The molecule has 0 aromatic heterocycles. The zero-order valence-electron chi connectivity index (χ0n) is 11.7. The first-order valence-corrected chi connectivity index (χ1v) is 8.78. The predicted molar refractivity (Wildman–Crippen MR) is 79.0 cm³/mol. The van der Waals surface area contributed by atoms with Crippen molar-refractivity contribution in [3.05, 3.63) is 35.4 Å². The molecule has 0 saturated carbocycles. The Bertz CT molecular complexity index is 525. The summed E-state index contributed by atoms with van der Waals surface area (Å²) in [4.78, 5) is 0. The first-order valence-electron chi connectivity index (χ1n) is 7.06. The number of hydrogen-bond acceptors (Lipinski definition) is 3. The Kier molecular flexibility index (Phi) is 4.63. The molecule has 0 spiro atoms. The molecule has 19 heavy (non-hydrogen) atoms. The third-order valence-corrected chi connectivity index (χ3v) is 6.30. The molecule has 0 fully saturated rings.